The summed E-state index contributed by atoms with van der Waals surface area (Å²) in [4.78, 5) is 26.8. The van der Waals surface area contributed by atoms with E-state index >= 15 is 0 Å². The van der Waals surface area contributed by atoms with Crippen LogP contribution in [0.15, 0.2) is 30.6 Å². The fraction of sp³-hybridized carbons (Fsp3) is 0.400. The number of nitrogens with one attached hydrogen (secondary N) is 3. The second-order valence-corrected chi connectivity index (χ2v) is 15.7. The molecule has 0 saturated carbocycles. The minimum absolute atomic E-state index is 0.0557. The van der Waals surface area contributed by atoms with Crippen LogP contribution >= 0.6 is 0 Å². The SMILES string of the molecule is CC(=O)NCCNC(=O)Nc1cc(F)c(Oc2ccnc3c2c(C(F)(F)F)cn3COCC[Si](C)(C)C)c(F)c1. The second-order valence-electron chi connectivity index (χ2n) is 10.1. The van der Waals surface area contributed by atoms with Crippen LogP contribution in [-0.2, 0) is 22.4 Å². The molecule has 3 aromatic rings. The average Bonchev–Trinajstić information content (AvgIpc) is 3.21. The van der Waals surface area contributed by atoms with Crippen LogP contribution in [0.25, 0.3) is 11.0 Å². The first kappa shape index (κ1) is 30.8. The van der Waals surface area contributed by atoms with Gasteiger partial charge in [-0.3, -0.25) is 4.79 Å². The smallest absolute Gasteiger partial charge is 0.418 e. The van der Waals surface area contributed by atoms with Gasteiger partial charge in [0.25, 0.3) is 0 Å². The summed E-state index contributed by atoms with van der Waals surface area (Å²) < 4.78 is 83.6. The molecule has 15 heteroatoms. The number of ether oxygens (including phenoxy) is 2. The Balaban J connectivity index is 1.83. The number of carbonyl (C=O) groups excluding carboxylic acids is 2. The van der Waals surface area contributed by atoms with E-state index in [0.29, 0.717) is 6.61 Å². The number of nitrogens with zero attached hydrogens (tertiary/aromatic N) is 2. The molecule has 0 aliphatic rings. The maximum atomic E-state index is 14.8. The number of amides is 3. The van der Waals surface area contributed by atoms with Gasteiger partial charge in [0.15, 0.2) is 17.4 Å². The molecule has 0 bridgehead atoms. The van der Waals surface area contributed by atoms with Crippen LogP contribution in [0.5, 0.6) is 11.5 Å². The van der Waals surface area contributed by atoms with Gasteiger partial charge in [-0.15, -0.1) is 0 Å². The number of rotatable bonds is 11. The molecule has 3 amide bonds. The monoisotopic (exact) mass is 587 g/mol. The van der Waals surface area contributed by atoms with Crippen LogP contribution in [0.1, 0.15) is 12.5 Å². The molecule has 9 nitrogen and oxygen atoms in total. The largest absolute Gasteiger partial charge is 0.450 e. The van der Waals surface area contributed by atoms with Crippen LogP contribution < -0.4 is 20.7 Å². The van der Waals surface area contributed by atoms with Gasteiger partial charge in [-0.25, -0.2) is 18.6 Å². The van der Waals surface area contributed by atoms with Gasteiger partial charge in [0.05, 0.1) is 10.9 Å². The molecule has 0 aliphatic carbocycles. The van der Waals surface area contributed by atoms with Gasteiger partial charge in [0.1, 0.15) is 18.1 Å². The van der Waals surface area contributed by atoms with Crippen LogP contribution in [0.3, 0.4) is 0 Å². The minimum Gasteiger partial charge on any atom is -0.450 e. The molecule has 3 N–H and O–H groups in total. The lowest BCUT2D eigenvalue weighted by atomic mass is 10.2. The Morgan fingerprint density at radius 2 is 1.73 bits per heavy atom. The Labute approximate surface area is 228 Å². The van der Waals surface area contributed by atoms with Crippen molar-refractivity contribution in [3.8, 4) is 11.5 Å². The van der Waals surface area contributed by atoms with Crippen LogP contribution in [-0.4, -0.2) is 49.3 Å². The molecule has 3 rings (SSSR count). The Hall–Kier alpha value is -3.72. The van der Waals surface area contributed by atoms with Crippen molar-refractivity contribution in [3.05, 3.63) is 47.8 Å². The molecule has 40 heavy (non-hydrogen) atoms. The summed E-state index contributed by atoms with van der Waals surface area (Å²) in [5, 5.41) is 6.59. The van der Waals surface area contributed by atoms with Crippen molar-refractivity contribution in [3.63, 3.8) is 0 Å². The highest BCUT2D eigenvalue weighted by atomic mass is 28.3. The highest BCUT2D eigenvalue weighted by Crippen LogP contribution is 2.42. The van der Waals surface area contributed by atoms with Crippen LogP contribution in [0.2, 0.25) is 25.7 Å². The topological polar surface area (TPSA) is 107 Å². The number of benzene rings is 1. The summed E-state index contributed by atoms with van der Waals surface area (Å²) in [6.07, 6.45) is -2.84. The summed E-state index contributed by atoms with van der Waals surface area (Å²) in [5.74, 6) is -4.25. The molecule has 0 saturated heterocycles. The van der Waals surface area contributed by atoms with Crippen molar-refractivity contribution in [2.24, 2.45) is 0 Å². The quantitative estimate of drug-likeness (QED) is 0.152. The third-order valence-corrected chi connectivity index (χ3v) is 7.21. The van der Waals surface area contributed by atoms with E-state index < -0.39 is 54.4 Å². The van der Waals surface area contributed by atoms with Crippen molar-refractivity contribution >= 4 is 36.7 Å². The number of alkyl halides is 3. The fourth-order valence-corrected chi connectivity index (χ4v) is 4.31. The third kappa shape index (κ3) is 8.39. The summed E-state index contributed by atoms with van der Waals surface area (Å²) >= 11 is 0. The lowest BCUT2D eigenvalue weighted by Crippen LogP contribution is -2.36. The predicted octanol–water partition coefficient (Wildman–Crippen LogP) is 5.70. The van der Waals surface area contributed by atoms with Gasteiger partial charge in [0, 0.05) is 64.9 Å². The van der Waals surface area contributed by atoms with Crippen molar-refractivity contribution in [1.82, 2.24) is 20.2 Å². The molecular weight excluding hydrogens is 557 g/mol. The van der Waals surface area contributed by atoms with Crippen molar-refractivity contribution in [2.75, 3.05) is 25.0 Å². The number of urea groups is 1. The number of anilines is 1. The van der Waals surface area contributed by atoms with Gasteiger partial charge < -0.3 is 30.0 Å². The first-order chi connectivity index (χ1) is 18.7. The second kappa shape index (κ2) is 12.6. The van der Waals surface area contributed by atoms with E-state index in [2.05, 4.69) is 40.6 Å². The van der Waals surface area contributed by atoms with Crippen LogP contribution in [0, 0.1) is 11.6 Å². The lowest BCUT2D eigenvalue weighted by Gasteiger charge is -2.15. The number of hydrogen-bond donors (Lipinski definition) is 3. The zero-order chi connectivity index (χ0) is 29.7. The zero-order valence-corrected chi connectivity index (χ0v) is 23.3. The number of aromatic nitrogens is 2. The molecule has 1 aromatic carbocycles. The first-order valence-corrected chi connectivity index (χ1v) is 16.0. The van der Waals surface area contributed by atoms with E-state index in [-0.39, 0.29) is 37.1 Å². The van der Waals surface area contributed by atoms with Gasteiger partial charge in [-0.1, -0.05) is 19.6 Å². The van der Waals surface area contributed by atoms with E-state index in [1.807, 2.05) is 0 Å². The molecule has 2 aromatic heterocycles. The van der Waals surface area contributed by atoms with Crippen LogP contribution in [0.4, 0.5) is 32.4 Å². The average molecular weight is 588 g/mol. The molecule has 218 valence electrons. The molecule has 0 atom stereocenters. The highest BCUT2D eigenvalue weighted by molar-refractivity contribution is 6.76. The first-order valence-electron chi connectivity index (χ1n) is 12.2. The van der Waals surface area contributed by atoms with Crippen molar-refractivity contribution in [1.29, 1.82) is 0 Å². The number of fused-ring (bicyclic) bond motifs is 1. The molecule has 2 heterocycles. The maximum Gasteiger partial charge on any atom is 0.418 e. The number of hydrogen-bond acceptors (Lipinski definition) is 5. The molecule has 0 aliphatic heterocycles. The molecular formula is C25H30F5N5O4Si. The standard InChI is InChI=1S/C25H30F5N5O4Si/c1-15(36)31-7-8-33-24(37)34-16-11-18(26)22(19(27)12-16)39-20-5-6-32-23-21(20)17(25(28,29)30)13-35(23)14-38-9-10-40(2,3)4/h5-6,11-13H,7-10,14H2,1-4H3,(H,31,36)(H2,33,34,37). The van der Waals surface area contributed by atoms with Gasteiger partial charge in [-0.05, 0) is 12.1 Å². The van der Waals surface area contributed by atoms with Crippen molar-refractivity contribution in [2.45, 2.75) is 45.5 Å². The molecule has 0 fully saturated rings. The van der Waals surface area contributed by atoms with Gasteiger partial charge in [-0.2, -0.15) is 13.2 Å². The maximum absolute atomic E-state index is 14.8. The molecule has 0 unspecified atom stereocenters. The van der Waals surface area contributed by atoms with E-state index in [0.717, 1.165) is 36.6 Å². The van der Waals surface area contributed by atoms with E-state index in [4.69, 9.17) is 9.47 Å². The Morgan fingerprint density at radius 3 is 2.33 bits per heavy atom. The summed E-state index contributed by atoms with van der Waals surface area (Å²) in [6.45, 7) is 8.07. The van der Waals surface area contributed by atoms with E-state index in [1.165, 1.54) is 11.5 Å². The van der Waals surface area contributed by atoms with Gasteiger partial charge in [0.2, 0.25) is 5.91 Å². The lowest BCUT2D eigenvalue weighted by molar-refractivity contribution is -0.136. The number of carbonyl (C=O) groups is 2. The third-order valence-electron chi connectivity index (χ3n) is 5.50. The number of halogens is 5. The van der Waals surface area contributed by atoms with Gasteiger partial charge >= 0.3 is 12.2 Å². The highest BCUT2D eigenvalue weighted by Gasteiger charge is 2.37. The van der Waals surface area contributed by atoms with Crippen molar-refractivity contribution < 1.29 is 41.0 Å². The summed E-state index contributed by atoms with van der Waals surface area (Å²) in [6, 6.07) is 2.60. The molecule has 0 spiro atoms. The Morgan fingerprint density at radius 1 is 1.07 bits per heavy atom. The number of pyridine rings is 1. The Bertz CT molecular complexity index is 1350. The van der Waals surface area contributed by atoms with E-state index in [9.17, 15) is 31.5 Å². The van der Waals surface area contributed by atoms with E-state index in [1.54, 1.807) is 0 Å². The molecule has 0 radical (unpaired) electrons. The minimum atomic E-state index is -4.82. The summed E-state index contributed by atoms with van der Waals surface area (Å²) in [5.41, 5.74) is -1.50. The predicted molar refractivity (Wildman–Crippen MR) is 141 cm³/mol. The zero-order valence-electron chi connectivity index (χ0n) is 22.3. The Kier molecular flexibility index (Phi) is 9.73. The fourth-order valence-electron chi connectivity index (χ4n) is 3.56. The normalized spacial score (nSPS) is 11.9. The summed E-state index contributed by atoms with van der Waals surface area (Å²) in [7, 11) is -1.42.